The van der Waals surface area contributed by atoms with Crippen molar-refractivity contribution in [1.29, 1.82) is 0 Å². The van der Waals surface area contributed by atoms with E-state index in [2.05, 4.69) is 0 Å². The predicted molar refractivity (Wildman–Crippen MR) is 81.8 cm³/mol. The molecule has 0 aliphatic carbocycles. The molecule has 1 aliphatic rings. The molecule has 1 unspecified atom stereocenters. The van der Waals surface area contributed by atoms with Crippen molar-refractivity contribution in [2.75, 3.05) is 10.6 Å². The number of aryl methyl sites for hydroxylation is 1. The number of nitrogens with two attached hydrogens (primary N) is 1. The van der Waals surface area contributed by atoms with Gasteiger partial charge in [-0.2, -0.15) is 0 Å². The van der Waals surface area contributed by atoms with E-state index < -0.39 is 5.82 Å². The Morgan fingerprint density at radius 2 is 2.05 bits per heavy atom. The Hall–Kier alpha value is -2.36. The second-order valence-electron chi connectivity index (χ2n) is 5.42. The number of nitrogen functional groups attached to an aromatic ring is 1. The Kier molecular flexibility index (Phi) is 3.37. The molecule has 1 amide bonds. The highest BCUT2D eigenvalue weighted by Gasteiger charge is 2.29. The molecule has 2 N–H and O–H groups in total. The van der Waals surface area contributed by atoms with Crippen molar-refractivity contribution in [2.45, 2.75) is 25.8 Å². The summed E-state index contributed by atoms with van der Waals surface area (Å²) in [7, 11) is 0. The van der Waals surface area contributed by atoms with Crippen LogP contribution in [0, 0.1) is 5.82 Å². The molecule has 3 nitrogen and oxygen atoms in total. The van der Waals surface area contributed by atoms with Gasteiger partial charge >= 0.3 is 0 Å². The molecule has 1 heterocycles. The minimum atomic E-state index is -0.453. The molecular weight excluding hydrogens is 267 g/mol. The van der Waals surface area contributed by atoms with Gasteiger partial charge in [-0.15, -0.1) is 0 Å². The molecule has 4 heteroatoms. The smallest absolute Gasteiger partial charge is 0.260 e. The van der Waals surface area contributed by atoms with Crippen LogP contribution in [-0.2, 0) is 6.42 Å². The summed E-state index contributed by atoms with van der Waals surface area (Å²) >= 11 is 0. The zero-order chi connectivity index (χ0) is 15.0. The molecular formula is C17H17FN2O. The zero-order valence-electron chi connectivity index (χ0n) is 11.8. The molecule has 0 saturated carbocycles. The lowest BCUT2D eigenvalue weighted by atomic mass is 9.95. The number of carbonyl (C=O) groups excluding carboxylic acids is 1. The highest BCUT2D eigenvalue weighted by Crippen LogP contribution is 2.32. The second kappa shape index (κ2) is 5.20. The largest absolute Gasteiger partial charge is 0.398 e. The number of halogens is 1. The van der Waals surface area contributed by atoms with E-state index in [1.165, 1.54) is 18.2 Å². The molecule has 0 aromatic heterocycles. The van der Waals surface area contributed by atoms with E-state index >= 15 is 0 Å². The first kappa shape index (κ1) is 13.6. The van der Waals surface area contributed by atoms with Crippen molar-refractivity contribution in [3.63, 3.8) is 0 Å². The van der Waals surface area contributed by atoms with Crippen molar-refractivity contribution in [1.82, 2.24) is 0 Å². The predicted octanol–water partition coefficient (Wildman–Crippen LogP) is 3.39. The Morgan fingerprint density at radius 1 is 1.29 bits per heavy atom. The Balaban J connectivity index is 2.07. The average Bonchev–Trinajstić information content (AvgIpc) is 2.49. The molecule has 1 atom stereocenters. The van der Waals surface area contributed by atoms with Crippen LogP contribution < -0.4 is 10.6 Å². The van der Waals surface area contributed by atoms with Crippen molar-refractivity contribution in [3.05, 3.63) is 59.4 Å². The van der Waals surface area contributed by atoms with E-state index in [1.54, 1.807) is 4.90 Å². The molecule has 0 spiro atoms. The van der Waals surface area contributed by atoms with Gasteiger partial charge in [0.1, 0.15) is 5.82 Å². The van der Waals surface area contributed by atoms with Crippen LogP contribution in [0.2, 0.25) is 0 Å². The maximum Gasteiger partial charge on any atom is 0.260 e. The molecule has 2 aromatic rings. The van der Waals surface area contributed by atoms with Crippen LogP contribution in [0.5, 0.6) is 0 Å². The number of anilines is 2. The van der Waals surface area contributed by atoms with Gasteiger partial charge in [-0.1, -0.05) is 18.2 Å². The van der Waals surface area contributed by atoms with E-state index in [0.29, 0.717) is 5.69 Å². The third-order valence-electron chi connectivity index (χ3n) is 3.99. The third kappa shape index (κ3) is 2.37. The highest BCUT2D eigenvalue weighted by molar-refractivity contribution is 6.10. The monoisotopic (exact) mass is 284 g/mol. The first-order valence-corrected chi connectivity index (χ1v) is 7.04. The number of para-hydroxylation sites is 1. The summed E-state index contributed by atoms with van der Waals surface area (Å²) in [5, 5.41) is 0. The topological polar surface area (TPSA) is 46.3 Å². The molecule has 0 radical (unpaired) electrons. The van der Waals surface area contributed by atoms with Crippen molar-refractivity contribution < 1.29 is 9.18 Å². The number of hydrogen-bond acceptors (Lipinski definition) is 2. The van der Waals surface area contributed by atoms with Crippen molar-refractivity contribution in [2.24, 2.45) is 0 Å². The number of fused-ring (bicyclic) bond motifs is 1. The second-order valence-corrected chi connectivity index (χ2v) is 5.42. The fourth-order valence-corrected chi connectivity index (χ4v) is 2.84. The number of nitrogens with zero attached hydrogens (tertiary/aromatic N) is 1. The molecule has 0 fully saturated rings. The summed E-state index contributed by atoms with van der Waals surface area (Å²) < 4.78 is 13.4. The number of carbonyl (C=O) groups is 1. The Labute approximate surface area is 123 Å². The standard InChI is InChI=1S/C17H17FN2O/c1-11-6-7-12-4-2-3-5-16(12)20(11)17(21)14-10-13(18)8-9-15(14)19/h2-5,8-11H,6-7,19H2,1H3. The number of hydrogen-bond donors (Lipinski definition) is 1. The lowest BCUT2D eigenvalue weighted by Gasteiger charge is -2.35. The average molecular weight is 284 g/mol. The first-order chi connectivity index (χ1) is 10.1. The van der Waals surface area contributed by atoms with Gasteiger partial charge < -0.3 is 10.6 Å². The summed E-state index contributed by atoms with van der Waals surface area (Å²) in [6.45, 7) is 2.00. The lowest BCUT2D eigenvalue weighted by Crippen LogP contribution is -2.42. The van der Waals surface area contributed by atoms with E-state index in [-0.39, 0.29) is 17.5 Å². The zero-order valence-corrected chi connectivity index (χ0v) is 11.8. The SMILES string of the molecule is CC1CCc2ccccc2N1C(=O)c1cc(F)ccc1N. The quantitative estimate of drug-likeness (QED) is 0.816. The molecule has 0 saturated heterocycles. The molecule has 2 aromatic carbocycles. The summed E-state index contributed by atoms with van der Waals surface area (Å²) in [6.07, 6.45) is 1.83. The molecule has 0 bridgehead atoms. The van der Waals surface area contributed by atoms with Crippen LogP contribution in [0.15, 0.2) is 42.5 Å². The number of benzene rings is 2. The number of amides is 1. The maximum absolute atomic E-state index is 13.4. The van der Waals surface area contributed by atoms with Crippen LogP contribution in [0.3, 0.4) is 0 Å². The van der Waals surface area contributed by atoms with E-state index in [0.717, 1.165) is 24.1 Å². The van der Waals surface area contributed by atoms with Crippen LogP contribution in [0.25, 0.3) is 0 Å². The first-order valence-electron chi connectivity index (χ1n) is 7.04. The van der Waals surface area contributed by atoms with Gasteiger partial charge in [0, 0.05) is 17.4 Å². The van der Waals surface area contributed by atoms with Gasteiger partial charge in [0.25, 0.3) is 5.91 Å². The highest BCUT2D eigenvalue weighted by atomic mass is 19.1. The third-order valence-corrected chi connectivity index (χ3v) is 3.99. The Morgan fingerprint density at radius 3 is 2.86 bits per heavy atom. The van der Waals surface area contributed by atoms with E-state index in [9.17, 15) is 9.18 Å². The number of rotatable bonds is 1. The van der Waals surface area contributed by atoms with Gasteiger partial charge in [0.2, 0.25) is 0 Å². The van der Waals surface area contributed by atoms with Gasteiger partial charge in [-0.3, -0.25) is 4.79 Å². The minimum Gasteiger partial charge on any atom is -0.398 e. The summed E-state index contributed by atoms with van der Waals surface area (Å²) in [6, 6.07) is 11.8. The molecule has 1 aliphatic heterocycles. The maximum atomic E-state index is 13.4. The lowest BCUT2D eigenvalue weighted by molar-refractivity contribution is 0.0975. The van der Waals surface area contributed by atoms with Gasteiger partial charge in [0.05, 0.1) is 5.56 Å². The van der Waals surface area contributed by atoms with Crippen LogP contribution in [0.4, 0.5) is 15.8 Å². The summed E-state index contributed by atoms with van der Waals surface area (Å²) in [4.78, 5) is 14.6. The summed E-state index contributed by atoms with van der Waals surface area (Å²) in [5.41, 5.74) is 8.40. The van der Waals surface area contributed by atoms with Crippen molar-refractivity contribution in [3.8, 4) is 0 Å². The van der Waals surface area contributed by atoms with Crippen molar-refractivity contribution >= 4 is 17.3 Å². The summed E-state index contributed by atoms with van der Waals surface area (Å²) in [5.74, 6) is -0.697. The molecule has 108 valence electrons. The van der Waals surface area contributed by atoms with Crippen LogP contribution >= 0.6 is 0 Å². The fourth-order valence-electron chi connectivity index (χ4n) is 2.84. The van der Waals surface area contributed by atoms with E-state index in [1.807, 2.05) is 31.2 Å². The van der Waals surface area contributed by atoms with Gasteiger partial charge in [-0.25, -0.2) is 4.39 Å². The van der Waals surface area contributed by atoms with Gasteiger partial charge in [0.15, 0.2) is 0 Å². The Bertz CT molecular complexity index is 699. The van der Waals surface area contributed by atoms with Crippen LogP contribution in [-0.4, -0.2) is 11.9 Å². The molecule has 21 heavy (non-hydrogen) atoms. The van der Waals surface area contributed by atoms with Crippen LogP contribution in [0.1, 0.15) is 29.3 Å². The molecule has 3 rings (SSSR count). The fraction of sp³-hybridized carbons (Fsp3) is 0.235. The van der Waals surface area contributed by atoms with E-state index in [4.69, 9.17) is 5.73 Å². The van der Waals surface area contributed by atoms with Gasteiger partial charge in [-0.05, 0) is 49.6 Å². The minimum absolute atomic E-state index is 0.0649. The normalized spacial score (nSPS) is 17.4.